The van der Waals surface area contributed by atoms with Crippen LogP contribution in [-0.2, 0) is 27.4 Å². The van der Waals surface area contributed by atoms with E-state index >= 15 is 0 Å². The minimum Gasteiger partial charge on any atom is -0.480 e. The fourth-order valence-corrected chi connectivity index (χ4v) is 3.51. The number of carboxylic acids is 1. The largest absolute Gasteiger partial charge is 0.480 e. The van der Waals surface area contributed by atoms with E-state index in [0.717, 1.165) is 18.4 Å². The van der Waals surface area contributed by atoms with Crippen LogP contribution in [-0.4, -0.2) is 53.5 Å². The molecule has 2 aromatic carbocycles. The Labute approximate surface area is 202 Å². The van der Waals surface area contributed by atoms with Gasteiger partial charge in [0.05, 0.1) is 13.2 Å². The molecule has 0 aliphatic rings. The Balaban J connectivity index is 2.07. The lowest BCUT2D eigenvalue weighted by Crippen LogP contribution is -2.53. The molecule has 0 heterocycles. The summed E-state index contributed by atoms with van der Waals surface area (Å²) in [6, 6.07) is 14.9. The fourth-order valence-electron chi connectivity index (χ4n) is 3.51. The van der Waals surface area contributed by atoms with Gasteiger partial charge in [0.15, 0.2) is 0 Å². The van der Waals surface area contributed by atoms with E-state index in [1.54, 1.807) is 12.1 Å². The molecule has 0 aliphatic heterocycles. The average molecular weight is 469 g/mol. The summed E-state index contributed by atoms with van der Waals surface area (Å²) in [5.74, 6) is -2.06. The molecule has 0 fully saturated rings. The number of nitrogens with zero attached hydrogens (tertiary/aromatic N) is 1. The van der Waals surface area contributed by atoms with Gasteiger partial charge in [-0.15, -0.1) is 0 Å². The van der Waals surface area contributed by atoms with Gasteiger partial charge in [-0.1, -0.05) is 68.7 Å². The molecular weight excluding hydrogens is 432 g/mol. The second-order valence-electron chi connectivity index (χ2n) is 8.51. The first kappa shape index (κ1) is 27.1. The Bertz CT molecular complexity index is 914. The highest BCUT2D eigenvalue weighted by Crippen LogP contribution is 2.13. The van der Waals surface area contributed by atoms with Crippen molar-refractivity contribution in [3.63, 3.8) is 0 Å². The lowest BCUT2D eigenvalue weighted by molar-refractivity contribution is -0.142. The number of benzene rings is 2. The summed E-state index contributed by atoms with van der Waals surface area (Å²) in [6.45, 7) is 3.77. The third kappa shape index (κ3) is 8.63. The fraction of sp³-hybridized carbons (Fsp3) is 0.444. The smallest absolute Gasteiger partial charge is 0.325 e. The Morgan fingerprint density at radius 3 is 2.26 bits per heavy atom. The Morgan fingerprint density at radius 2 is 1.65 bits per heavy atom. The maximum absolute atomic E-state index is 13.1. The first-order valence-electron chi connectivity index (χ1n) is 11.8. The van der Waals surface area contributed by atoms with Crippen molar-refractivity contribution in [2.45, 2.75) is 64.6 Å². The molecule has 2 aromatic rings. The van der Waals surface area contributed by atoms with Crippen LogP contribution in [0.1, 0.15) is 61.0 Å². The number of aryl methyl sites for hydroxylation is 1. The molecule has 0 aromatic heterocycles. The molecule has 34 heavy (non-hydrogen) atoms. The molecule has 2 atom stereocenters. The average Bonchev–Trinajstić information content (AvgIpc) is 2.84. The summed E-state index contributed by atoms with van der Waals surface area (Å²) in [7, 11) is 1.53. The van der Waals surface area contributed by atoms with Gasteiger partial charge in [0, 0.05) is 12.6 Å². The van der Waals surface area contributed by atoms with Crippen molar-refractivity contribution in [3.05, 3.63) is 71.3 Å². The molecular formula is C27H36N2O5. The van der Waals surface area contributed by atoms with Crippen LogP contribution in [0.25, 0.3) is 0 Å². The molecule has 2 rings (SSSR count). The number of hydrogen-bond donors (Lipinski definition) is 2. The highest BCUT2D eigenvalue weighted by atomic mass is 16.5. The number of hydrogen-bond acceptors (Lipinski definition) is 4. The predicted octanol–water partition coefficient (Wildman–Crippen LogP) is 4.06. The van der Waals surface area contributed by atoms with Gasteiger partial charge in [-0.3, -0.25) is 14.4 Å². The highest BCUT2D eigenvalue weighted by Gasteiger charge is 2.30. The summed E-state index contributed by atoms with van der Waals surface area (Å²) < 4.78 is 5.73. The summed E-state index contributed by atoms with van der Waals surface area (Å²) in [5.41, 5.74) is 2.57. The standard InChI is InChI=1S/C27H36N2O5/c1-4-5-6-8-11-21-14-16-23(17-15-21)26(31)29(3)24(25(30)28-20(2)27(32)33)19-34-18-22-12-9-7-10-13-22/h7,9-10,12-17,20,24H,4-6,8,11,18-19H2,1-3H3,(H,28,30)(H,32,33)/t20-,24-/m1/s1. The predicted molar refractivity (Wildman–Crippen MR) is 132 cm³/mol. The third-order valence-electron chi connectivity index (χ3n) is 5.73. The van der Waals surface area contributed by atoms with Gasteiger partial charge in [-0.25, -0.2) is 0 Å². The van der Waals surface area contributed by atoms with Crippen molar-refractivity contribution in [2.75, 3.05) is 13.7 Å². The monoisotopic (exact) mass is 468 g/mol. The molecule has 7 nitrogen and oxygen atoms in total. The second kappa shape index (κ2) is 14.2. The van der Waals surface area contributed by atoms with Gasteiger partial charge < -0.3 is 20.1 Å². The van der Waals surface area contributed by atoms with Crippen molar-refractivity contribution in [2.24, 2.45) is 0 Å². The first-order chi connectivity index (χ1) is 16.3. The van der Waals surface area contributed by atoms with Crippen molar-refractivity contribution in [1.82, 2.24) is 10.2 Å². The number of likely N-dealkylation sites (N-methyl/N-ethyl adjacent to an activating group) is 1. The van der Waals surface area contributed by atoms with Crippen LogP contribution in [0.5, 0.6) is 0 Å². The molecule has 0 saturated heterocycles. The van der Waals surface area contributed by atoms with E-state index < -0.39 is 24.0 Å². The minimum absolute atomic E-state index is 0.0647. The molecule has 0 saturated carbocycles. The molecule has 0 aliphatic carbocycles. The van der Waals surface area contributed by atoms with Gasteiger partial charge in [-0.2, -0.15) is 0 Å². The molecule has 2 amide bonds. The topological polar surface area (TPSA) is 95.9 Å². The Kier molecular flexibility index (Phi) is 11.3. The number of nitrogens with one attached hydrogen (secondary N) is 1. The molecule has 0 unspecified atom stereocenters. The van der Waals surface area contributed by atoms with Crippen molar-refractivity contribution in [1.29, 1.82) is 0 Å². The molecule has 7 heteroatoms. The number of aliphatic carboxylic acids is 1. The molecule has 2 N–H and O–H groups in total. The maximum Gasteiger partial charge on any atom is 0.325 e. The molecule has 0 bridgehead atoms. The van der Waals surface area contributed by atoms with Gasteiger partial charge in [-0.05, 0) is 43.0 Å². The van der Waals surface area contributed by atoms with E-state index in [1.165, 1.54) is 43.7 Å². The molecule has 0 radical (unpaired) electrons. The lowest BCUT2D eigenvalue weighted by atomic mass is 10.0. The second-order valence-corrected chi connectivity index (χ2v) is 8.51. The van der Waals surface area contributed by atoms with Gasteiger partial charge in [0.1, 0.15) is 12.1 Å². The number of ether oxygens (including phenoxy) is 1. The number of unbranched alkanes of at least 4 members (excludes halogenated alkanes) is 3. The van der Waals surface area contributed by atoms with E-state index in [9.17, 15) is 14.4 Å². The summed E-state index contributed by atoms with van der Waals surface area (Å²) >= 11 is 0. The van der Waals surface area contributed by atoms with E-state index in [1.807, 2.05) is 42.5 Å². The van der Waals surface area contributed by atoms with Crippen LogP contribution < -0.4 is 5.32 Å². The summed E-state index contributed by atoms with van der Waals surface area (Å²) in [6.07, 6.45) is 5.68. The number of carbonyl (C=O) groups excluding carboxylic acids is 2. The lowest BCUT2D eigenvalue weighted by Gasteiger charge is -2.28. The van der Waals surface area contributed by atoms with E-state index in [2.05, 4.69) is 12.2 Å². The van der Waals surface area contributed by atoms with Crippen molar-refractivity contribution >= 4 is 17.8 Å². The van der Waals surface area contributed by atoms with Gasteiger partial charge >= 0.3 is 5.97 Å². The van der Waals surface area contributed by atoms with Crippen LogP contribution in [0.4, 0.5) is 0 Å². The van der Waals surface area contributed by atoms with Crippen LogP contribution in [0.2, 0.25) is 0 Å². The zero-order valence-corrected chi connectivity index (χ0v) is 20.3. The maximum atomic E-state index is 13.1. The number of amides is 2. The highest BCUT2D eigenvalue weighted by molar-refractivity contribution is 5.98. The van der Waals surface area contributed by atoms with Crippen LogP contribution in [0.15, 0.2) is 54.6 Å². The van der Waals surface area contributed by atoms with Crippen molar-refractivity contribution in [3.8, 4) is 0 Å². The van der Waals surface area contributed by atoms with E-state index in [4.69, 9.17) is 9.84 Å². The van der Waals surface area contributed by atoms with Gasteiger partial charge in [0.2, 0.25) is 5.91 Å². The van der Waals surface area contributed by atoms with Crippen molar-refractivity contribution < 1.29 is 24.2 Å². The zero-order chi connectivity index (χ0) is 24.9. The van der Waals surface area contributed by atoms with Crippen LogP contribution >= 0.6 is 0 Å². The SMILES string of the molecule is CCCCCCc1ccc(C(=O)N(C)[C@H](COCc2ccccc2)C(=O)N[C@H](C)C(=O)O)cc1. The van der Waals surface area contributed by atoms with Gasteiger partial charge in [0.25, 0.3) is 5.91 Å². The molecule has 0 spiro atoms. The normalized spacial score (nSPS) is 12.6. The Hall–Kier alpha value is -3.19. The minimum atomic E-state index is -1.15. The molecule has 184 valence electrons. The first-order valence-corrected chi connectivity index (χ1v) is 11.8. The zero-order valence-electron chi connectivity index (χ0n) is 20.3. The summed E-state index contributed by atoms with van der Waals surface area (Å²) in [4.78, 5) is 38.5. The number of carboxylic acid groups (broad SMARTS) is 1. The van der Waals surface area contributed by atoms with Crippen LogP contribution in [0, 0.1) is 0 Å². The summed E-state index contributed by atoms with van der Waals surface area (Å²) in [5, 5.41) is 11.6. The van der Waals surface area contributed by atoms with Crippen LogP contribution in [0.3, 0.4) is 0 Å². The third-order valence-corrected chi connectivity index (χ3v) is 5.73. The number of rotatable bonds is 14. The Morgan fingerprint density at radius 1 is 0.971 bits per heavy atom. The quantitative estimate of drug-likeness (QED) is 0.408. The van der Waals surface area contributed by atoms with E-state index in [0.29, 0.717) is 5.56 Å². The number of carbonyl (C=O) groups is 3. The van der Waals surface area contributed by atoms with E-state index in [-0.39, 0.29) is 19.1 Å².